The molecule has 0 aromatic heterocycles. The summed E-state index contributed by atoms with van der Waals surface area (Å²) in [7, 11) is 0. The number of aliphatic hydroxyl groups excluding tert-OH is 1. The lowest BCUT2D eigenvalue weighted by atomic mass is 10.0. The lowest BCUT2D eigenvalue weighted by Crippen LogP contribution is -2.49. The van der Waals surface area contributed by atoms with E-state index in [-0.39, 0.29) is 23.7 Å². The molecule has 3 atom stereocenters. The minimum atomic E-state index is -0.995. The van der Waals surface area contributed by atoms with E-state index in [4.69, 9.17) is 21.7 Å². The Kier molecular flexibility index (Phi) is 6.27. The van der Waals surface area contributed by atoms with Gasteiger partial charge in [-0.25, -0.2) is 0 Å². The van der Waals surface area contributed by atoms with Gasteiger partial charge in [0.1, 0.15) is 6.61 Å². The Morgan fingerprint density at radius 1 is 1.57 bits per heavy atom. The van der Waals surface area contributed by atoms with Crippen molar-refractivity contribution in [2.45, 2.75) is 31.6 Å². The molecule has 2 rings (SSSR count). The number of rotatable bonds is 7. The number of ether oxygens (including phenoxy) is 2. The predicted molar refractivity (Wildman–Crippen MR) is 90.9 cm³/mol. The van der Waals surface area contributed by atoms with Crippen LogP contribution in [0.25, 0.3) is 0 Å². The summed E-state index contributed by atoms with van der Waals surface area (Å²) >= 11 is 5.15. The zero-order valence-corrected chi connectivity index (χ0v) is 13.9. The highest BCUT2D eigenvalue weighted by atomic mass is 32.1. The highest BCUT2D eigenvalue weighted by Crippen LogP contribution is 2.20. The largest absolute Gasteiger partial charge is 0.468 e. The molecule has 0 aliphatic carbocycles. The summed E-state index contributed by atoms with van der Waals surface area (Å²) in [5.41, 5.74) is 1.09. The van der Waals surface area contributed by atoms with Gasteiger partial charge in [-0.05, 0) is 31.1 Å². The van der Waals surface area contributed by atoms with Crippen LogP contribution >= 0.6 is 12.2 Å². The zero-order chi connectivity index (χ0) is 16.8. The topological polar surface area (TPSA) is 59.0 Å². The number of benzene rings is 1. The number of thiocarbonyl (C=S) groups is 1. The summed E-state index contributed by atoms with van der Waals surface area (Å²) in [6, 6.07) is 9.61. The third kappa shape index (κ3) is 4.37. The first kappa shape index (κ1) is 17.6. The van der Waals surface area contributed by atoms with Gasteiger partial charge in [-0.15, -0.1) is 6.58 Å². The molecule has 1 aromatic carbocycles. The van der Waals surface area contributed by atoms with Crippen molar-refractivity contribution in [3.05, 3.63) is 48.6 Å². The second kappa shape index (κ2) is 8.19. The van der Waals surface area contributed by atoms with E-state index in [2.05, 4.69) is 6.58 Å². The molecule has 1 aliphatic heterocycles. The Morgan fingerprint density at radius 2 is 2.26 bits per heavy atom. The smallest absolute Gasteiger partial charge is 0.266 e. The maximum atomic E-state index is 12.7. The van der Waals surface area contributed by atoms with Crippen LogP contribution in [0.5, 0.6) is 0 Å². The second-order valence-corrected chi connectivity index (χ2v) is 5.76. The van der Waals surface area contributed by atoms with Crippen LogP contribution in [-0.2, 0) is 20.7 Å². The highest BCUT2D eigenvalue weighted by Gasteiger charge is 2.40. The predicted octanol–water partition coefficient (Wildman–Crippen LogP) is 1.69. The van der Waals surface area contributed by atoms with Crippen molar-refractivity contribution in [3.8, 4) is 0 Å². The van der Waals surface area contributed by atoms with Gasteiger partial charge in [0.2, 0.25) is 0 Å². The van der Waals surface area contributed by atoms with E-state index in [1.807, 2.05) is 30.3 Å². The molecule has 1 N–H and O–H groups in total. The normalized spacial score (nSPS) is 20.0. The van der Waals surface area contributed by atoms with Crippen LogP contribution in [-0.4, -0.2) is 52.6 Å². The van der Waals surface area contributed by atoms with E-state index < -0.39 is 12.2 Å². The molecule has 6 heteroatoms. The number of carbonyl (C=O) groups is 1. The molecule has 0 bridgehead atoms. The Bertz CT molecular complexity index is 561. The lowest BCUT2D eigenvalue weighted by molar-refractivity contribution is -0.146. The fourth-order valence-electron chi connectivity index (χ4n) is 2.49. The standard InChI is InChI=1S/C17H21NO4S/c1-3-9-21-15(12(2)19)16(20)18-14(11-22-17(18)23)10-13-7-5-4-6-8-13/h3-8,12,14-15,19H,1,9-11H2,2H3/t12-,14-,15-/m1/s1. The van der Waals surface area contributed by atoms with Crippen molar-refractivity contribution in [3.63, 3.8) is 0 Å². The quantitative estimate of drug-likeness (QED) is 0.607. The molecule has 0 unspecified atom stereocenters. The Hall–Kier alpha value is -1.76. The molecule has 1 saturated heterocycles. The summed E-state index contributed by atoms with van der Waals surface area (Å²) in [6.45, 7) is 5.58. The average molecular weight is 335 g/mol. The molecule has 5 nitrogen and oxygen atoms in total. The van der Waals surface area contributed by atoms with Crippen LogP contribution in [0, 0.1) is 0 Å². The van der Waals surface area contributed by atoms with E-state index in [1.165, 1.54) is 17.9 Å². The molecule has 1 aliphatic rings. The van der Waals surface area contributed by atoms with Crippen LogP contribution in [0.3, 0.4) is 0 Å². The molecule has 0 saturated carbocycles. The van der Waals surface area contributed by atoms with Crippen molar-refractivity contribution in [2.75, 3.05) is 13.2 Å². The van der Waals surface area contributed by atoms with Gasteiger partial charge in [0.05, 0.1) is 18.8 Å². The summed E-state index contributed by atoms with van der Waals surface area (Å²) < 4.78 is 10.8. The lowest BCUT2D eigenvalue weighted by Gasteiger charge is -2.27. The van der Waals surface area contributed by atoms with Gasteiger partial charge in [0, 0.05) is 0 Å². The van der Waals surface area contributed by atoms with E-state index in [0.29, 0.717) is 13.0 Å². The molecule has 0 radical (unpaired) electrons. The van der Waals surface area contributed by atoms with E-state index >= 15 is 0 Å². The van der Waals surface area contributed by atoms with Gasteiger partial charge in [-0.2, -0.15) is 0 Å². The van der Waals surface area contributed by atoms with Gasteiger partial charge in [0.15, 0.2) is 6.10 Å². The van der Waals surface area contributed by atoms with Crippen LogP contribution < -0.4 is 0 Å². The van der Waals surface area contributed by atoms with Gasteiger partial charge < -0.3 is 14.6 Å². The first-order valence-corrected chi connectivity index (χ1v) is 7.89. The van der Waals surface area contributed by atoms with Crippen LogP contribution in [0.1, 0.15) is 12.5 Å². The van der Waals surface area contributed by atoms with Crippen molar-refractivity contribution in [1.29, 1.82) is 0 Å². The second-order valence-electron chi connectivity index (χ2n) is 5.41. The number of aliphatic hydroxyl groups is 1. The average Bonchev–Trinajstić information content (AvgIpc) is 2.88. The van der Waals surface area contributed by atoms with Crippen LogP contribution in [0.2, 0.25) is 0 Å². The van der Waals surface area contributed by atoms with Crippen LogP contribution in [0.15, 0.2) is 43.0 Å². The van der Waals surface area contributed by atoms with Gasteiger partial charge >= 0.3 is 0 Å². The molecule has 124 valence electrons. The molecule has 1 amide bonds. The zero-order valence-electron chi connectivity index (χ0n) is 13.1. The number of hydrogen-bond donors (Lipinski definition) is 1. The van der Waals surface area contributed by atoms with E-state index in [1.54, 1.807) is 0 Å². The third-order valence-electron chi connectivity index (χ3n) is 3.59. The van der Waals surface area contributed by atoms with Gasteiger partial charge in [0.25, 0.3) is 11.1 Å². The Morgan fingerprint density at radius 3 is 2.87 bits per heavy atom. The van der Waals surface area contributed by atoms with Gasteiger partial charge in [-0.1, -0.05) is 36.4 Å². The maximum Gasteiger partial charge on any atom is 0.266 e. The van der Waals surface area contributed by atoms with E-state index in [0.717, 1.165) is 5.56 Å². The number of nitrogens with zero attached hydrogens (tertiary/aromatic N) is 1. The van der Waals surface area contributed by atoms with Crippen LogP contribution in [0.4, 0.5) is 0 Å². The summed E-state index contributed by atoms with van der Waals surface area (Å²) in [5, 5.41) is 9.97. The SMILES string of the molecule is C=CCO[C@@H](C(=O)N1C(=S)OC[C@H]1Cc1ccccc1)[C@@H](C)O. The maximum absolute atomic E-state index is 12.7. The number of carbonyl (C=O) groups excluding carboxylic acids is 1. The van der Waals surface area contributed by atoms with Crippen molar-refractivity contribution in [2.24, 2.45) is 0 Å². The monoisotopic (exact) mass is 335 g/mol. The third-order valence-corrected chi connectivity index (χ3v) is 3.90. The first-order valence-electron chi connectivity index (χ1n) is 7.49. The summed E-state index contributed by atoms with van der Waals surface area (Å²) in [5.74, 6) is -0.384. The minimum Gasteiger partial charge on any atom is -0.468 e. The molecule has 1 aromatic rings. The van der Waals surface area contributed by atoms with Crippen molar-refractivity contribution < 1.29 is 19.4 Å². The number of amides is 1. The Labute approximate surface area is 141 Å². The molecule has 1 fully saturated rings. The first-order chi connectivity index (χ1) is 11.0. The summed E-state index contributed by atoms with van der Waals surface area (Å²) in [6.07, 6.45) is 0.207. The molecular weight excluding hydrogens is 314 g/mol. The molecular formula is C17H21NO4S. The molecule has 23 heavy (non-hydrogen) atoms. The van der Waals surface area contributed by atoms with Crippen molar-refractivity contribution in [1.82, 2.24) is 4.90 Å². The Balaban J connectivity index is 2.14. The molecule has 1 heterocycles. The fraction of sp³-hybridized carbons (Fsp3) is 0.412. The van der Waals surface area contributed by atoms with Crippen molar-refractivity contribution >= 4 is 23.3 Å². The highest BCUT2D eigenvalue weighted by molar-refractivity contribution is 7.80. The van der Waals surface area contributed by atoms with E-state index in [9.17, 15) is 9.90 Å². The van der Waals surface area contributed by atoms with Gasteiger partial charge in [-0.3, -0.25) is 9.69 Å². The molecule has 0 spiro atoms. The number of hydrogen-bond acceptors (Lipinski definition) is 5. The fourth-order valence-corrected chi connectivity index (χ4v) is 2.80. The summed E-state index contributed by atoms with van der Waals surface area (Å²) in [4.78, 5) is 14.2. The minimum absolute atomic E-state index is 0.129.